The van der Waals surface area contributed by atoms with Crippen molar-refractivity contribution < 1.29 is 19.5 Å². The van der Waals surface area contributed by atoms with Crippen molar-refractivity contribution in [3.63, 3.8) is 0 Å². The zero-order valence-corrected chi connectivity index (χ0v) is 13.8. The first kappa shape index (κ1) is 16.6. The lowest BCUT2D eigenvalue weighted by molar-refractivity contribution is -0.149. The summed E-state index contributed by atoms with van der Waals surface area (Å²) in [6.07, 6.45) is 2.09. The van der Waals surface area contributed by atoms with Gasteiger partial charge in [-0.3, -0.25) is 9.59 Å². The molecule has 0 aromatic carbocycles. The molecule has 1 aliphatic heterocycles. The van der Waals surface area contributed by atoms with E-state index in [-0.39, 0.29) is 11.7 Å². The van der Waals surface area contributed by atoms with Gasteiger partial charge in [0.25, 0.3) is 5.91 Å². The second kappa shape index (κ2) is 6.16. The van der Waals surface area contributed by atoms with Crippen molar-refractivity contribution in [2.24, 2.45) is 5.41 Å². The summed E-state index contributed by atoms with van der Waals surface area (Å²) in [5.74, 6) is -1.96. The van der Waals surface area contributed by atoms with E-state index in [9.17, 15) is 14.4 Å². The Morgan fingerprint density at radius 3 is 2.68 bits per heavy atom. The van der Waals surface area contributed by atoms with Crippen LogP contribution in [0, 0.1) is 5.41 Å². The van der Waals surface area contributed by atoms with Crippen LogP contribution in [0.15, 0.2) is 5.38 Å². The van der Waals surface area contributed by atoms with Gasteiger partial charge >= 0.3 is 5.97 Å². The number of likely N-dealkylation sites (tertiary alicyclic amines) is 1. The molecule has 6 nitrogen and oxygen atoms in total. The Bertz CT molecular complexity index is 608. The number of carboxylic acid groups (broad SMARTS) is 1. The lowest BCUT2D eigenvalue weighted by Gasteiger charge is -2.27. The Kier molecular flexibility index (Phi) is 4.65. The van der Waals surface area contributed by atoms with E-state index in [1.165, 1.54) is 16.7 Å². The van der Waals surface area contributed by atoms with Gasteiger partial charge in [0.2, 0.25) is 5.78 Å². The van der Waals surface area contributed by atoms with Crippen molar-refractivity contribution in [1.82, 2.24) is 9.88 Å². The maximum Gasteiger partial charge on any atom is 0.355 e. The highest BCUT2D eigenvalue weighted by Gasteiger charge is 2.40. The molecule has 120 valence electrons. The summed E-state index contributed by atoms with van der Waals surface area (Å²) in [5, 5.41) is 11.0. The SMILES string of the molecule is CCC(C)(C)C(=O)C(=O)N1CCC[C@H]1c1nc(C(=O)O)cs1. The average molecular weight is 324 g/mol. The van der Waals surface area contributed by atoms with E-state index < -0.39 is 23.1 Å². The number of hydrogen-bond acceptors (Lipinski definition) is 5. The zero-order chi connectivity index (χ0) is 16.5. The van der Waals surface area contributed by atoms with Crippen LogP contribution in [0.25, 0.3) is 0 Å². The standard InChI is InChI=1S/C15H20N2O4S/c1-4-15(2,3)11(18)13(19)17-7-5-6-10(17)12-16-9(8-22-12)14(20)21/h8,10H,4-7H2,1-3H3,(H,20,21)/t10-/m0/s1. The van der Waals surface area contributed by atoms with Gasteiger partial charge in [0, 0.05) is 17.3 Å². The number of rotatable bonds is 5. The minimum atomic E-state index is -1.08. The van der Waals surface area contributed by atoms with Crippen molar-refractivity contribution in [3.05, 3.63) is 16.1 Å². The predicted octanol–water partition coefficient (Wildman–Crippen LogP) is 2.51. The smallest absolute Gasteiger partial charge is 0.355 e. The molecule has 1 fully saturated rings. The summed E-state index contributed by atoms with van der Waals surface area (Å²) in [4.78, 5) is 41.4. The number of thiazole rings is 1. The molecule has 2 rings (SSSR count). The molecule has 1 aliphatic rings. The molecule has 1 saturated heterocycles. The Morgan fingerprint density at radius 2 is 2.14 bits per heavy atom. The highest BCUT2D eigenvalue weighted by Crippen LogP contribution is 2.35. The molecule has 0 aliphatic carbocycles. The fraction of sp³-hybridized carbons (Fsp3) is 0.600. The van der Waals surface area contributed by atoms with E-state index in [0.29, 0.717) is 24.4 Å². The Labute approximate surface area is 133 Å². The van der Waals surface area contributed by atoms with Gasteiger partial charge in [0.15, 0.2) is 5.69 Å². The number of aromatic carboxylic acids is 1. The van der Waals surface area contributed by atoms with Crippen LogP contribution in [0.4, 0.5) is 0 Å². The van der Waals surface area contributed by atoms with Gasteiger partial charge in [-0.1, -0.05) is 20.8 Å². The van der Waals surface area contributed by atoms with Crippen molar-refractivity contribution in [2.45, 2.75) is 46.1 Å². The van der Waals surface area contributed by atoms with E-state index in [2.05, 4.69) is 4.98 Å². The van der Waals surface area contributed by atoms with E-state index in [4.69, 9.17) is 5.11 Å². The first-order valence-electron chi connectivity index (χ1n) is 7.32. The first-order chi connectivity index (χ1) is 10.3. The Hall–Kier alpha value is -1.76. The highest BCUT2D eigenvalue weighted by atomic mass is 32.1. The summed E-state index contributed by atoms with van der Waals surface area (Å²) in [7, 11) is 0. The lowest BCUT2D eigenvalue weighted by Crippen LogP contribution is -2.42. The van der Waals surface area contributed by atoms with Crippen LogP contribution in [0.3, 0.4) is 0 Å². The minimum absolute atomic E-state index is 0.0143. The number of hydrogen-bond donors (Lipinski definition) is 1. The fourth-order valence-electron chi connectivity index (χ4n) is 2.39. The van der Waals surface area contributed by atoms with Gasteiger partial charge in [-0.25, -0.2) is 9.78 Å². The van der Waals surface area contributed by atoms with Crippen LogP contribution >= 0.6 is 11.3 Å². The average Bonchev–Trinajstić information content (AvgIpc) is 3.13. The minimum Gasteiger partial charge on any atom is -0.476 e. The van der Waals surface area contributed by atoms with E-state index >= 15 is 0 Å². The normalized spacial score (nSPS) is 18.5. The number of aromatic nitrogens is 1. The monoisotopic (exact) mass is 324 g/mol. The highest BCUT2D eigenvalue weighted by molar-refractivity contribution is 7.09. The van der Waals surface area contributed by atoms with Crippen molar-refractivity contribution in [3.8, 4) is 0 Å². The molecule has 0 spiro atoms. The molecule has 7 heteroatoms. The Balaban J connectivity index is 2.21. The molecule has 1 amide bonds. The van der Waals surface area contributed by atoms with Crippen LogP contribution in [0.5, 0.6) is 0 Å². The van der Waals surface area contributed by atoms with Gasteiger partial charge in [0.1, 0.15) is 5.01 Å². The third-order valence-electron chi connectivity index (χ3n) is 4.23. The molecule has 1 atom stereocenters. The van der Waals surface area contributed by atoms with Crippen LogP contribution in [0.2, 0.25) is 0 Å². The summed E-state index contributed by atoms with van der Waals surface area (Å²) < 4.78 is 0. The zero-order valence-electron chi connectivity index (χ0n) is 13.0. The second-order valence-electron chi connectivity index (χ2n) is 6.10. The van der Waals surface area contributed by atoms with Gasteiger partial charge in [-0.15, -0.1) is 11.3 Å². The number of ketones is 1. The molecule has 1 N–H and O–H groups in total. The fourth-order valence-corrected chi connectivity index (χ4v) is 3.33. The molecule has 1 aromatic rings. The quantitative estimate of drug-likeness (QED) is 0.841. The summed E-state index contributed by atoms with van der Waals surface area (Å²) in [5.41, 5.74) is -0.696. The topological polar surface area (TPSA) is 87.6 Å². The molecule has 0 saturated carbocycles. The van der Waals surface area contributed by atoms with Gasteiger partial charge in [-0.2, -0.15) is 0 Å². The number of carbonyl (C=O) groups excluding carboxylic acids is 2. The molecular formula is C15H20N2O4S. The maximum absolute atomic E-state index is 12.5. The van der Waals surface area contributed by atoms with Gasteiger partial charge in [0.05, 0.1) is 6.04 Å². The number of Topliss-reactive ketones (excluding diaryl/α,β-unsaturated/α-hetero) is 1. The van der Waals surface area contributed by atoms with E-state index in [0.717, 1.165) is 6.42 Å². The van der Waals surface area contributed by atoms with Crippen LogP contribution in [0.1, 0.15) is 61.6 Å². The number of carboxylic acids is 1. The molecule has 22 heavy (non-hydrogen) atoms. The molecule has 2 heterocycles. The van der Waals surface area contributed by atoms with Crippen molar-refractivity contribution in [1.29, 1.82) is 0 Å². The molecule has 0 bridgehead atoms. The Morgan fingerprint density at radius 1 is 1.45 bits per heavy atom. The lowest BCUT2D eigenvalue weighted by atomic mass is 9.84. The molecule has 1 aromatic heterocycles. The second-order valence-corrected chi connectivity index (χ2v) is 6.99. The van der Waals surface area contributed by atoms with E-state index in [1.807, 2.05) is 6.92 Å². The maximum atomic E-state index is 12.5. The number of carbonyl (C=O) groups is 3. The number of nitrogens with zero attached hydrogens (tertiary/aromatic N) is 2. The van der Waals surface area contributed by atoms with Crippen LogP contribution in [-0.2, 0) is 9.59 Å². The molecular weight excluding hydrogens is 304 g/mol. The largest absolute Gasteiger partial charge is 0.476 e. The summed E-state index contributed by atoms with van der Waals surface area (Å²) in [6, 6.07) is -0.290. The summed E-state index contributed by atoms with van der Waals surface area (Å²) in [6.45, 7) is 5.93. The summed E-state index contributed by atoms with van der Waals surface area (Å²) >= 11 is 1.22. The first-order valence-corrected chi connectivity index (χ1v) is 8.20. The third kappa shape index (κ3) is 3.04. The third-order valence-corrected chi connectivity index (χ3v) is 5.18. The van der Waals surface area contributed by atoms with E-state index in [1.54, 1.807) is 18.7 Å². The molecule has 0 unspecified atom stereocenters. The van der Waals surface area contributed by atoms with Crippen molar-refractivity contribution >= 4 is 29.0 Å². The van der Waals surface area contributed by atoms with Crippen LogP contribution in [-0.4, -0.2) is 39.2 Å². The molecule has 0 radical (unpaired) electrons. The van der Waals surface area contributed by atoms with Crippen molar-refractivity contribution in [2.75, 3.05) is 6.54 Å². The number of amides is 1. The van der Waals surface area contributed by atoms with Gasteiger partial charge < -0.3 is 10.0 Å². The van der Waals surface area contributed by atoms with Gasteiger partial charge in [-0.05, 0) is 19.3 Å². The van der Waals surface area contributed by atoms with Crippen LogP contribution < -0.4 is 0 Å². The predicted molar refractivity (Wildman–Crippen MR) is 81.8 cm³/mol.